The molecule has 0 fully saturated rings. The van der Waals surface area contributed by atoms with Gasteiger partial charge in [0.25, 0.3) is 0 Å². The zero-order chi connectivity index (χ0) is 11.4. The second-order valence-corrected chi connectivity index (χ2v) is 4.83. The third kappa shape index (κ3) is 2.68. The molecule has 2 rings (SSSR count). The molecular formula is C13H16N2S. The van der Waals surface area contributed by atoms with Crippen LogP contribution in [0.4, 0.5) is 0 Å². The average molecular weight is 232 g/mol. The Hall–Kier alpha value is -1.19. The van der Waals surface area contributed by atoms with Crippen molar-refractivity contribution in [1.29, 1.82) is 0 Å². The van der Waals surface area contributed by atoms with Crippen LogP contribution >= 0.6 is 11.3 Å². The third-order valence-electron chi connectivity index (χ3n) is 2.68. The largest absolute Gasteiger partial charge is 0.304 e. The van der Waals surface area contributed by atoms with Crippen molar-refractivity contribution in [2.24, 2.45) is 0 Å². The summed E-state index contributed by atoms with van der Waals surface area (Å²) >= 11 is 1.70. The van der Waals surface area contributed by atoms with Gasteiger partial charge in [0.1, 0.15) is 5.01 Å². The van der Waals surface area contributed by atoms with Crippen molar-refractivity contribution in [3.8, 4) is 0 Å². The van der Waals surface area contributed by atoms with Gasteiger partial charge in [0.2, 0.25) is 0 Å². The van der Waals surface area contributed by atoms with Crippen molar-refractivity contribution < 1.29 is 0 Å². The zero-order valence-electron chi connectivity index (χ0n) is 9.60. The normalized spacial score (nSPS) is 12.6. The Bertz CT molecular complexity index is 437. The first kappa shape index (κ1) is 11.3. The van der Waals surface area contributed by atoms with Gasteiger partial charge in [0, 0.05) is 18.1 Å². The number of thiazole rings is 1. The van der Waals surface area contributed by atoms with E-state index in [0.29, 0.717) is 6.04 Å². The molecule has 0 aliphatic rings. The molecule has 0 aliphatic heterocycles. The van der Waals surface area contributed by atoms with Crippen LogP contribution in [0.1, 0.15) is 29.1 Å². The number of rotatable bonds is 4. The molecule has 0 aliphatic carbocycles. The van der Waals surface area contributed by atoms with Gasteiger partial charge in [-0.3, -0.25) is 0 Å². The fraction of sp³-hybridized carbons (Fsp3) is 0.308. The topological polar surface area (TPSA) is 24.9 Å². The van der Waals surface area contributed by atoms with Gasteiger partial charge in [0.05, 0.1) is 6.04 Å². The first-order valence-electron chi connectivity index (χ1n) is 5.44. The summed E-state index contributed by atoms with van der Waals surface area (Å²) in [6.07, 6.45) is 1.85. The van der Waals surface area contributed by atoms with E-state index in [0.717, 1.165) is 11.6 Å². The molecule has 1 unspecified atom stereocenters. The smallest absolute Gasteiger partial charge is 0.109 e. The van der Waals surface area contributed by atoms with Gasteiger partial charge in [-0.25, -0.2) is 4.98 Å². The van der Waals surface area contributed by atoms with Crippen LogP contribution in [0, 0.1) is 6.92 Å². The molecule has 1 aromatic heterocycles. The maximum atomic E-state index is 4.31. The van der Waals surface area contributed by atoms with Crippen LogP contribution in [-0.4, -0.2) is 4.98 Å². The number of nitrogens with one attached hydrogen (secondary N) is 1. The van der Waals surface area contributed by atoms with Gasteiger partial charge in [-0.15, -0.1) is 11.3 Å². The second kappa shape index (κ2) is 5.23. The van der Waals surface area contributed by atoms with Crippen molar-refractivity contribution in [3.05, 3.63) is 52.0 Å². The number of benzene rings is 1. The fourth-order valence-electron chi connectivity index (χ4n) is 1.61. The molecule has 0 bridgehead atoms. The van der Waals surface area contributed by atoms with Gasteiger partial charge >= 0.3 is 0 Å². The van der Waals surface area contributed by atoms with Crippen molar-refractivity contribution >= 4 is 11.3 Å². The van der Waals surface area contributed by atoms with Crippen LogP contribution in [0.15, 0.2) is 35.8 Å². The summed E-state index contributed by atoms with van der Waals surface area (Å²) in [5.74, 6) is 0. The minimum absolute atomic E-state index is 0.319. The molecule has 0 saturated carbocycles. The lowest BCUT2D eigenvalue weighted by Gasteiger charge is -2.12. The van der Waals surface area contributed by atoms with Crippen LogP contribution < -0.4 is 5.32 Å². The number of hydrogen-bond donors (Lipinski definition) is 1. The van der Waals surface area contributed by atoms with Crippen molar-refractivity contribution in [2.45, 2.75) is 26.4 Å². The van der Waals surface area contributed by atoms with E-state index >= 15 is 0 Å². The van der Waals surface area contributed by atoms with Crippen LogP contribution in [0.2, 0.25) is 0 Å². The molecular weight excluding hydrogens is 216 g/mol. The van der Waals surface area contributed by atoms with E-state index in [2.05, 4.69) is 48.4 Å². The van der Waals surface area contributed by atoms with Crippen LogP contribution in [0.25, 0.3) is 0 Å². The van der Waals surface area contributed by atoms with Gasteiger partial charge in [-0.2, -0.15) is 0 Å². The predicted octanol–water partition coefficient (Wildman–Crippen LogP) is 3.30. The summed E-state index contributed by atoms with van der Waals surface area (Å²) in [4.78, 5) is 4.31. The first-order valence-corrected chi connectivity index (χ1v) is 6.32. The van der Waals surface area contributed by atoms with Crippen LogP contribution in [-0.2, 0) is 6.54 Å². The van der Waals surface area contributed by atoms with E-state index < -0.39 is 0 Å². The average Bonchev–Trinajstić information content (AvgIpc) is 2.81. The predicted molar refractivity (Wildman–Crippen MR) is 68.5 cm³/mol. The highest BCUT2D eigenvalue weighted by Crippen LogP contribution is 2.16. The van der Waals surface area contributed by atoms with Crippen molar-refractivity contribution in [3.63, 3.8) is 0 Å². The zero-order valence-corrected chi connectivity index (χ0v) is 10.4. The first-order chi connectivity index (χ1) is 7.77. The van der Waals surface area contributed by atoms with Crippen molar-refractivity contribution in [2.75, 3.05) is 0 Å². The highest BCUT2D eigenvalue weighted by atomic mass is 32.1. The van der Waals surface area contributed by atoms with E-state index in [9.17, 15) is 0 Å². The van der Waals surface area contributed by atoms with Gasteiger partial charge in [-0.05, 0) is 25.0 Å². The molecule has 0 amide bonds. The van der Waals surface area contributed by atoms with Crippen LogP contribution in [0.3, 0.4) is 0 Å². The highest BCUT2D eigenvalue weighted by Gasteiger charge is 2.07. The van der Waals surface area contributed by atoms with E-state index in [-0.39, 0.29) is 0 Å². The standard InChI is InChI=1S/C13H16N2S/c1-10-5-3-4-6-12(10)9-15-11(2)13-14-7-8-16-13/h3-8,11,15H,9H2,1-2H3. The minimum Gasteiger partial charge on any atom is -0.304 e. The summed E-state index contributed by atoms with van der Waals surface area (Å²) in [6.45, 7) is 5.19. The van der Waals surface area contributed by atoms with Crippen LogP contribution in [0.5, 0.6) is 0 Å². The number of nitrogens with zero attached hydrogens (tertiary/aromatic N) is 1. The molecule has 3 heteroatoms. The lowest BCUT2D eigenvalue weighted by molar-refractivity contribution is 0.570. The molecule has 1 atom stereocenters. The fourth-order valence-corrected chi connectivity index (χ4v) is 2.28. The molecule has 1 heterocycles. The van der Waals surface area contributed by atoms with E-state index in [1.54, 1.807) is 11.3 Å². The summed E-state index contributed by atoms with van der Waals surface area (Å²) in [5, 5.41) is 6.65. The molecule has 1 N–H and O–H groups in total. The summed E-state index contributed by atoms with van der Waals surface area (Å²) in [7, 11) is 0. The lowest BCUT2D eigenvalue weighted by atomic mass is 10.1. The molecule has 84 valence electrons. The molecule has 1 aromatic carbocycles. The molecule has 0 saturated heterocycles. The molecule has 16 heavy (non-hydrogen) atoms. The number of aryl methyl sites for hydroxylation is 1. The number of hydrogen-bond acceptors (Lipinski definition) is 3. The summed E-state index contributed by atoms with van der Waals surface area (Å²) in [6, 6.07) is 8.78. The summed E-state index contributed by atoms with van der Waals surface area (Å²) in [5.41, 5.74) is 2.69. The van der Waals surface area contributed by atoms with Gasteiger partial charge in [-0.1, -0.05) is 24.3 Å². The summed E-state index contributed by atoms with van der Waals surface area (Å²) < 4.78 is 0. The van der Waals surface area contributed by atoms with Gasteiger partial charge < -0.3 is 5.32 Å². The molecule has 2 nitrogen and oxygen atoms in total. The van der Waals surface area contributed by atoms with Gasteiger partial charge in [0.15, 0.2) is 0 Å². The molecule has 0 radical (unpaired) electrons. The Morgan fingerprint density at radius 2 is 2.19 bits per heavy atom. The lowest BCUT2D eigenvalue weighted by Crippen LogP contribution is -2.18. The Morgan fingerprint density at radius 1 is 1.38 bits per heavy atom. The second-order valence-electron chi connectivity index (χ2n) is 3.90. The Balaban J connectivity index is 1.95. The van der Waals surface area contributed by atoms with E-state index in [1.807, 2.05) is 11.6 Å². The number of aromatic nitrogens is 1. The SMILES string of the molecule is Cc1ccccc1CNC(C)c1nccs1. The van der Waals surface area contributed by atoms with E-state index in [1.165, 1.54) is 11.1 Å². The van der Waals surface area contributed by atoms with Crippen molar-refractivity contribution in [1.82, 2.24) is 10.3 Å². The third-order valence-corrected chi connectivity index (χ3v) is 3.64. The monoisotopic (exact) mass is 232 g/mol. The maximum Gasteiger partial charge on any atom is 0.109 e. The maximum absolute atomic E-state index is 4.31. The quantitative estimate of drug-likeness (QED) is 0.875. The highest BCUT2D eigenvalue weighted by molar-refractivity contribution is 7.09. The Labute approximate surface area is 100 Å². The van der Waals surface area contributed by atoms with E-state index in [4.69, 9.17) is 0 Å². The Morgan fingerprint density at radius 3 is 2.88 bits per heavy atom. The molecule has 0 spiro atoms. The Kier molecular flexibility index (Phi) is 3.70. The molecule has 2 aromatic rings. The minimum atomic E-state index is 0.319.